The summed E-state index contributed by atoms with van der Waals surface area (Å²) >= 11 is 0. The van der Waals surface area contributed by atoms with Gasteiger partial charge in [-0.3, -0.25) is 0 Å². The number of hydrogen-bond donors (Lipinski definition) is 0. The van der Waals surface area contributed by atoms with Crippen LogP contribution in [0.15, 0.2) is 0 Å². The molecule has 0 aromatic heterocycles. The van der Waals surface area contributed by atoms with Crippen molar-refractivity contribution in [3.63, 3.8) is 0 Å². The Morgan fingerprint density at radius 1 is 0.400 bits per heavy atom. The molecule has 10 heteroatoms. The molecule has 76 valence electrons. The van der Waals surface area contributed by atoms with Gasteiger partial charge in [-0.05, 0) is 0 Å². The van der Waals surface area contributed by atoms with E-state index in [4.69, 9.17) is 0 Å². The van der Waals surface area contributed by atoms with Crippen LogP contribution in [0.2, 0.25) is 0 Å². The monoisotopic (exact) mass is 206 g/mol. The van der Waals surface area contributed by atoms with Gasteiger partial charge in [0.2, 0.25) is 0 Å². The van der Waals surface area contributed by atoms with Gasteiger partial charge in [-0.1, -0.05) is 0 Å². The zero-order chi connectivity index (χ0) is 0. The largest absolute Gasteiger partial charge is 2.00 e. The van der Waals surface area contributed by atoms with Gasteiger partial charge in [-0.15, -0.1) is 12.4 Å². The fraction of sp³-hybridized carbons (Fsp3) is 0. The van der Waals surface area contributed by atoms with Crippen LogP contribution in [0, 0.1) is 0 Å². The van der Waals surface area contributed by atoms with Gasteiger partial charge in [0.15, 0.2) is 0 Å². The first kappa shape index (κ1) is 1880. The molecule has 0 radical (unpaired) electrons. The average Bonchev–Trinajstić information content (AvgIpc) is 0. The molecular formula is H19ClMgO8. The van der Waals surface area contributed by atoms with Crippen molar-refractivity contribution >= 4 is 35.5 Å². The van der Waals surface area contributed by atoms with E-state index >= 15 is 0 Å². The minimum atomic E-state index is 0. The molecule has 8 nitrogen and oxygen atoms in total. The Bertz CT molecular complexity index is 17.0. The Balaban J connectivity index is 0. The maximum Gasteiger partial charge on any atom is 2.00 e. The van der Waals surface area contributed by atoms with Gasteiger partial charge in [-0.2, -0.15) is 0 Å². The quantitative estimate of drug-likeness (QED) is 0.335. The molecule has 0 atom stereocenters. The second kappa shape index (κ2) is 1370. The first-order valence-corrected chi connectivity index (χ1v) is 0. The molecule has 0 aromatic carbocycles. The third-order valence-corrected chi connectivity index (χ3v) is 0. The molecule has 0 aliphatic heterocycles. The van der Waals surface area contributed by atoms with Crippen LogP contribution >= 0.6 is 12.4 Å². The molecule has 0 saturated carbocycles. The summed E-state index contributed by atoms with van der Waals surface area (Å²) in [5, 5.41) is 0. The molecule has 0 bridgehead atoms. The summed E-state index contributed by atoms with van der Waals surface area (Å²) in [6.45, 7) is 0. The Labute approximate surface area is 82.6 Å². The number of rotatable bonds is 0. The van der Waals surface area contributed by atoms with Crippen LogP contribution in [0.5, 0.6) is 0 Å². The number of halogens is 1. The van der Waals surface area contributed by atoms with Gasteiger partial charge in [0, 0.05) is 0 Å². The second-order valence-corrected chi connectivity index (χ2v) is 0. The van der Waals surface area contributed by atoms with Crippen LogP contribution in [0.25, 0.3) is 0 Å². The molecular weight excluding hydrogens is 188 g/mol. The van der Waals surface area contributed by atoms with E-state index in [0.29, 0.717) is 0 Å². The van der Waals surface area contributed by atoms with Gasteiger partial charge in [0.1, 0.15) is 0 Å². The molecule has 0 aliphatic rings. The van der Waals surface area contributed by atoms with E-state index in [0.717, 1.165) is 0 Å². The maximum absolute atomic E-state index is 0. The summed E-state index contributed by atoms with van der Waals surface area (Å²) < 4.78 is 0. The molecule has 10 heavy (non-hydrogen) atoms. The smallest absolute Gasteiger partial charge is 1.00 e. The second-order valence-electron chi connectivity index (χ2n) is 0. The van der Waals surface area contributed by atoms with Crippen molar-refractivity contribution in [3.8, 4) is 0 Å². The standard InChI is InChI=1S/ClH.Mg.8H2O.2H/h1H;;8*1H2;;/q;+2;;;;;;;;;2*-1. The zero-order valence-electron chi connectivity index (χ0n) is 7.12. The fourth-order valence-electron chi connectivity index (χ4n) is 0. The number of hydrogen-bond acceptors (Lipinski definition) is 0. The van der Waals surface area contributed by atoms with Crippen molar-refractivity contribution in [1.29, 1.82) is 0 Å². The van der Waals surface area contributed by atoms with E-state index in [2.05, 4.69) is 0 Å². The average molecular weight is 207 g/mol. The van der Waals surface area contributed by atoms with Crippen molar-refractivity contribution in [2.24, 2.45) is 0 Å². The minimum absolute atomic E-state index is 0. The molecule has 0 heterocycles. The van der Waals surface area contributed by atoms with Crippen LogP contribution in [0.1, 0.15) is 2.85 Å². The normalized spacial score (nSPS) is 0. The zero-order valence-corrected chi connectivity index (χ0v) is 7.35. The predicted octanol–water partition coefficient (Wildman–Crippen LogP) is -6.33. The summed E-state index contributed by atoms with van der Waals surface area (Å²) in [4.78, 5) is 0. The molecule has 0 rings (SSSR count). The topological polar surface area (TPSA) is 252 Å². The van der Waals surface area contributed by atoms with Gasteiger partial charge in [-0.25, -0.2) is 0 Å². The van der Waals surface area contributed by atoms with Crippen molar-refractivity contribution in [3.05, 3.63) is 0 Å². The Hall–Kier alpha value is 0.736. The van der Waals surface area contributed by atoms with E-state index in [1.54, 1.807) is 0 Å². The van der Waals surface area contributed by atoms with E-state index in [9.17, 15) is 0 Å². The SMILES string of the molecule is Cl.O.O.O.O.O.O.O.O.[H-].[H-].[Mg+2]. The summed E-state index contributed by atoms with van der Waals surface area (Å²) in [6, 6.07) is 0. The van der Waals surface area contributed by atoms with Crippen LogP contribution in [0.4, 0.5) is 0 Å². The van der Waals surface area contributed by atoms with Crippen molar-refractivity contribution < 1.29 is 46.7 Å². The van der Waals surface area contributed by atoms with E-state index in [-0.39, 0.29) is 82.1 Å². The molecule has 0 amide bonds. The van der Waals surface area contributed by atoms with Crippen LogP contribution in [-0.4, -0.2) is 66.9 Å². The Morgan fingerprint density at radius 2 is 0.400 bits per heavy atom. The first-order chi connectivity index (χ1) is 0. The van der Waals surface area contributed by atoms with Crippen LogP contribution < -0.4 is 0 Å². The summed E-state index contributed by atoms with van der Waals surface area (Å²) in [6.07, 6.45) is 0. The van der Waals surface area contributed by atoms with Gasteiger partial charge >= 0.3 is 23.1 Å². The Kier molecular flexibility index (Phi) is 257000. The minimum Gasteiger partial charge on any atom is -1.00 e. The van der Waals surface area contributed by atoms with Gasteiger partial charge < -0.3 is 46.7 Å². The van der Waals surface area contributed by atoms with Crippen molar-refractivity contribution in [2.75, 3.05) is 0 Å². The fourth-order valence-corrected chi connectivity index (χ4v) is 0. The van der Waals surface area contributed by atoms with Gasteiger partial charge in [0.25, 0.3) is 0 Å². The predicted molar refractivity (Wildman–Crippen MR) is 44.1 cm³/mol. The Morgan fingerprint density at radius 3 is 0.400 bits per heavy atom. The molecule has 0 aliphatic carbocycles. The summed E-state index contributed by atoms with van der Waals surface area (Å²) in [7, 11) is 0. The van der Waals surface area contributed by atoms with E-state index in [1.807, 2.05) is 0 Å². The van der Waals surface area contributed by atoms with Gasteiger partial charge in [0.05, 0.1) is 0 Å². The van der Waals surface area contributed by atoms with Crippen LogP contribution in [-0.2, 0) is 0 Å². The van der Waals surface area contributed by atoms with E-state index in [1.165, 1.54) is 0 Å². The summed E-state index contributed by atoms with van der Waals surface area (Å²) in [5.41, 5.74) is 0. The summed E-state index contributed by atoms with van der Waals surface area (Å²) in [5.74, 6) is 0. The molecule has 0 unspecified atom stereocenters. The third-order valence-electron chi connectivity index (χ3n) is 0. The van der Waals surface area contributed by atoms with Crippen LogP contribution in [0.3, 0.4) is 0 Å². The molecule has 0 aromatic rings. The molecule has 0 saturated heterocycles. The maximum atomic E-state index is 0. The third kappa shape index (κ3) is 965. The molecule has 16 N–H and O–H groups in total. The van der Waals surface area contributed by atoms with Crippen molar-refractivity contribution in [1.82, 2.24) is 0 Å². The molecule has 0 fully saturated rings. The first-order valence-electron chi connectivity index (χ1n) is 0. The molecule has 0 spiro atoms. The van der Waals surface area contributed by atoms with Crippen molar-refractivity contribution in [2.45, 2.75) is 0 Å². The van der Waals surface area contributed by atoms with E-state index < -0.39 is 0 Å².